The van der Waals surface area contributed by atoms with Crippen molar-refractivity contribution < 1.29 is 27.9 Å². The first-order valence-corrected chi connectivity index (χ1v) is 21.3. The van der Waals surface area contributed by atoms with Crippen LogP contribution in [-0.2, 0) is 24.2 Å². The first-order valence-electron chi connectivity index (χ1n) is 19.4. The Labute approximate surface area is 307 Å². The monoisotopic (exact) mass is 718 g/mol. The van der Waals surface area contributed by atoms with E-state index in [1.54, 1.807) is 26.0 Å². The molecular formula is C44H62O6S. The van der Waals surface area contributed by atoms with E-state index in [2.05, 4.69) is 60.0 Å². The van der Waals surface area contributed by atoms with Gasteiger partial charge in [0.15, 0.2) is 9.84 Å². The lowest BCUT2D eigenvalue weighted by Crippen LogP contribution is -2.66. The molecule has 280 valence electrons. The number of allylic oxidation sites excluding steroid dienone is 1. The maximum absolute atomic E-state index is 13.1. The molecule has 0 aromatic heterocycles. The number of benzene rings is 1. The van der Waals surface area contributed by atoms with Crippen molar-refractivity contribution in [1.82, 2.24) is 0 Å². The molecule has 0 spiro atoms. The predicted octanol–water partition coefficient (Wildman–Crippen LogP) is 9.51. The molecule has 5 aliphatic carbocycles. The first-order chi connectivity index (χ1) is 23.5. The van der Waals surface area contributed by atoms with Gasteiger partial charge >= 0.3 is 11.9 Å². The lowest BCUT2D eigenvalue weighted by atomic mass is 9.32. The highest BCUT2D eigenvalue weighted by molar-refractivity contribution is 7.90. The molecule has 0 heterocycles. The molecule has 0 bridgehead atoms. The third-order valence-electron chi connectivity index (χ3n) is 16.2. The summed E-state index contributed by atoms with van der Waals surface area (Å²) in [5, 5.41) is 9.60. The van der Waals surface area contributed by atoms with Crippen molar-refractivity contribution >= 4 is 21.8 Å². The van der Waals surface area contributed by atoms with Gasteiger partial charge in [0.05, 0.1) is 16.7 Å². The van der Waals surface area contributed by atoms with E-state index in [-0.39, 0.29) is 39.6 Å². The number of aliphatic carboxylic acids is 1. The Morgan fingerprint density at radius 1 is 0.922 bits per heavy atom. The average molecular weight is 719 g/mol. The zero-order valence-electron chi connectivity index (χ0n) is 32.7. The summed E-state index contributed by atoms with van der Waals surface area (Å²) in [6.07, 6.45) is 11.6. The summed E-state index contributed by atoms with van der Waals surface area (Å²) >= 11 is 0. The van der Waals surface area contributed by atoms with Crippen LogP contribution in [0.15, 0.2) is 41.3 Å². The molecule has 5 saturated carbocycles. The van der Waals surface area contributed by atoms with Crippen molar-refractivity contribution in [2.24, 2.45) is 62.1 Å². The largest absolute Gasteiger partial charge is 0.481 e. The Bertz CT molecular complexity index is 1780. The topological polar surface area (TPSA) is 97.7 Å². The number of rotatable bonds is 6. The van der Waals surface area contributed by atoms with Crippen LogP contribution in [0, 0.1) is 73.9 Å². The molecule has 0 amide bonds. The second kappa shape index (κ2) is 12.5. The highest BCUT2D eigenvalue weighted by Crippen LogP contribution is 2.77. The highest BCUT2D eigenvalue weighted by atomic mass is 32.2. The molecule has 0 saturated heterocycles. The molecule has 5 fully saturated rings. The van der Waals surface area contributed by atoms with Crippen molar-refractivity contribution in [3.63, 3.8) is 0 Å². The Morgan fingerprint density at radius 2 is 1.61 bits per heavy atom. The number of carboxylic acids is 1. The van der Waals surface area contributed by atoms with Gasteiger partial charge < -0.3 is 9.84 Å². The molecule has 4 unspecified atom stereocenters. The lowest BCUT2D eigenvalue weighted by molar-refractivity contribution is -0.247. The SMILES string of the molecule is C=C(C)[C@@H]1CC[C@]2(C#Cc3ccccc3S(C)(=O)=O)CC[C@]3(C)C(CCC4[C@@]5(C)CC[C@H](OC(=O)CC(C)(C)C(=O)O)C(C)(C)C5CC[C@]43C)C12. The molecule has 1 aromatic rings. The molecule has 1 aromatic carbocycles. The van der Waals surface area contributed by atoms with Gasteiger partial charge in [0.1, 0.15) is 6.10 Å². The molecule has 7 heteroatoms. The summed E-state index contributed by atoms with van der Waals surface area (Å²) in [7, 11) is -3.39. The van der Waals surface area contributed by atoms with Crippen LogP contribution in [0.25, 0.3) is 0 Å². The first kappa shape index (κ1) is 38.1. The molecule has 5 aliphatic rings. The third kappa shape index (κ3) is 5.93. The van der Waals surface area contributed by atoms with Gasteiger partial charge in [-0.3, -0.25) is 9.59 Å². The van der Waals surface area contributed by atoms with E-state index in [1.807, 2.05) is 12.1 Å². The summed E-state index contributed by atoms with van der Waals surface area (Å²) in [5.41, 5.74) is 0.742. The second-order valence-electron chi connectivity index (χ2n) is 19.6. The van der Waals surface area contributed by atoms with Crippen LogP contribution in [-0.4, -0.2) is 37.8 Å². The van der Waals surface area contributed by atoms with Gasteiger partial charge in [0, 0.05) is 22.6 Å². The molecule has 1 N–H and O–H groups in total. The second-order valence-corrected chi connectivity index (χ2v) is 21.5. The summed E-state index contributed by atoms with van der Waals surface area (Å²) in [4.78, 5) is 25.1. The van der Waals surface area contributed by atoms with Gasteiger partial charge in [-0.15, -0.1) is 0 Å². The fourth-order valence-electron chi connectivity index (χ4n) is 13.3. The number of ether oxygens (including phenoxy) is 1. The highest BCUT2D eigenvalue weighted by Gasteiger charge is 2.71. The van der Waals surface area contributed by atoms with Crippen molar-refractivity contribution in [3.05, 3.63) is 42.0 Å². The smallest absolute Gasteiger partial charge is 0.309 e. The standard InChI is InChI=1S/C44H62O6S/c1-28(2)30-18-24-44(23-17-29-13-11-12-14-32(29)51(10,48)49)26-25-42(8)31(37(30)44)15-16-34-41(7)21-20-35(50-36(45)27-39(3,4)38(46)47)40(5,6)33(41)19-22-43(34,42)9/h11-14,30-31,33-35,37H,1,15-16,18-22,24-27H2,2-10H3,(H,46,47)/t30-,31?,33?,34?,35-,37?,41-,42+,43+,44+/m0/s1. The van der Waals surface area contributed by atoms with E-state index in [0.717, 1.165) is 51.4 Å². The van der Waals surface area contributed by atoms with E-state index in [9.17, 15) is 23.1 Å². The lowest BCUT2D eigenvalue weighted by Gasteiger charge is -2.72. The number of fused-ring (bicyclic) bond motifs is 7. The van der Waals surface area contributed by atoms with Crippen LogP contribution < -0.4 is 0 Å². The summed E-state index contributed by atoms with van der Waals surface area (Å²) < 4.78 is 31.5. The van der Waals surface area contributed by atoms with Gasteiger partial charge in [-0.2, -0.15) is 0 Å². The maximum Gasteiger partial charge on any atom is 0.309 e. The van der Waals surface area contributed by atoms with Gasteiger partial charge in [0.2, 0.25) is 0 Å². The minimum absolute atomic E-state index is 0.112. The molecular weight excluding hydrogens is 657 g/mol. The van der Waals surface area contributed by atoms with Crippen molar-refractivity contribution in [2.75, 3.05) is 6.26 Å². The van der Waals surface area contributed by atoms with E-state index in [4.69, 9.17) is 4.74 Å². The van der Waals surface area contributed by atoms with Crippen molar-refractivity contribution in [1.29, 1.82) is 0 Å². The van der Waals surface area contributed by atoms with Crippen LogP contribution in [0.4, 0.5) is 0 Å². The number of hydrogen-bond donors (Lipinski definition) is 1. The summed E-state index contributed by atoms with van der Waals surface area (Å²) in [5.74, 6) is 8.16. The molecule has 0 aliphatic heterocycles. The fourth-order valence-corrected chi connectivity index (χ4v) is 14.1. The Kier molecular flexibility index (Phi) is 9.34. The Morgan fingerprint density at radius 3 is 2.25 bits per heavy atom. The third-order valence-corrected chi connectivity index (χ3v) is 17.3. The minimum Gasteiger partial charge on any atom is -0.481 e. The van der Waals surface area contributed by atoms with E-state index in [1.165, 1.54) is 24.7 Å². The zero-order valence-corrected chi connectivity index (χ0v) is 33.5. The molecule has 6 nitrogen and oxygen atoms in total. The molecule has 6 rings (SSSR count). The van der Waals surface area contributed by atoms with Crippen LogP contribution in [0.2, 0.25) is 0 Å². The molecule has 10 atom stereocenters. The minimum atomic E-state index is -3.39. The quantitative estimate of drug-likeness (QED) is 0.179. The number of esters is 1. The Hall–Kier alpha value is -2.59. The van der Waals surface area contributed by atoms with Gasteiger partial charge in [-0.25, -0.2) is 8.42 Å². The number of carbonyl (C=O) groups excluding carboxylic acids is 1. The number of carbonyl (C=O) groups is 2. The van der Waals surface area contributed by atoms with Gasteiger partial charge in [-0.1, -0.05) is 70.7 Å². The van der Waals surface area contributed by atoms with Crippen LogP contribution in [0.1, 0.15) is 132 Å². The number of carboxylic acid groups (broad SMARTS) is 1. The van der Waals surface area contributed by atoms with Crippen molar-refractivity contribution in [2.45, 2.75) is 137 Å². The number of hydrogen-bond acceptors (Lipinski definition) is 5. The fraction of sp³-hybridized carbons (Fsp3) is 0.727. The van der Waals surface area contributed by atoms with E-state index in [0.29, 0.717) is 40.0 Å². The zero-order chi connectivity index (χ0) is 37.6. The van der Waals surface area contributed by atoms with E-state index < -0.39 is 27.2 Å². The molecule has 51 heavy (non-hydrogen) atoms. The number of sulfone groups is 1. The molecule has 0 radical (unpaired) electrons. The normalized spacial score (nSPS) is 39.9. The summed E-state index contributed by atoms with van der Waals surface area (Å²) in [6.45, 7) is 22.2. The predicted molar refractivity (Wildman–Crippen MR) is 201 cm³/mol. The maximum atomic E-state index is 13.1. The van der Waals surface area contributed by atoms with Crippen molar-refractivity contribution in [3.8, 4) is 11.8 Å². The Balaban J connectivity index is 1.30. The van der Waals surface area contributed by atoms with Crippen LogP contribution in [0.3, 0.4) is 0 Å². The average Bonchev–Trinajstić information content (AvgIpc) is 3.41. The summed E-state index contributed by atoms with van der Waals surface area (Å²) in [6, 6.07) is 7.19. The van der Waals surface area contributed by atoms with Gasteiger partial charge in [0.25, 0.3) is 0 Å². The van der Waals surface area contributed by atoms with Crippen LogP contribution >= 0.6 is 0 Å². The van der Waals surface area contributed by atoms with Crippen LogP contribution in [0.5, 0.6) is 0 Å². The van der Waals surface area contributed by atoms with E-state index >= 15 is 0 Å². The van der Waals surface area contributed by atoms with Gasteiger partial charge in [-0.05, 0) is 143 Å².